The molecular formula is C10H7FN2O2. The molecule has 1 aromatic carbocycles. The Labute approximate surface area is 84.4 Å². The smallest absolute Gasteiger partial charge is 0.353 e. The molecule has 0 radical (unpaired) electrons. The third-order valence-corrected chi connectivity index (χ3v) is 1.96. The molecule has 2 rings (SSSR count). The maximum absolute atomic E-state index is 13.3. The lowest BCUT2D eigenvalue weighted by atomic mass is 10.1. The number of hydrogen-bond donors (Lipinski definition) is 2. The zero-order valence-electron chi connectivity index (χ0n) is 7.57. The van der Waals surface area contributed by atoms with E-state index in [1.165, 1.54) is 18.2 Å². The van der Waals surface area contributed by atoms with Crippen molar-refractivity contribution in [3.05, 3.63) is 41.8 Å². The number of rotatable bonds is 2. The number of carbonyl (C=O) groups is 1. The summed E-state index contributed by atoms with van der Waals surface area (Å²) in [7, 11) is 0. The zero-order valence-corrected chi connectivity index (χ0v) is 7.57. The molecule has 0 bridgehead atoms. The first-order valence-corrected chi connectivity index (χ1v) is 4.22. The number of nitrogens with zero attached hydrogens (tertiary/aromatic N) is 1. The van der Waals surface area contributed by atoms with E-state index in [4.69, 9.17) is 5.11 Å². The van der Waals surface area contributed by atoms with Crippen LogP contribution in [-0.4, -0.2) is 21.3 Å². The van der Waals surface area contributed by atoms with Crippen LogP contribution in [0.15, 0.2) is 30.3 Å². The fourth-order valence-electron chi connectivity index (χ4n) is 1.24. The molecule has 1 aromatic heterocycles. The molecule has 0 fully saturated rings. The lowest BCUT2D eigenvalue weighted by Crippen LogP contribution is -1.95. The van der Waals surface area contributed by atoms with Crippen molar-refractivity contribution in [1.82, 2.24) is 10.2 Å². The Kier molecular flexibility index (Phi) is 2.21. The Hall–Kier alpha value is -2.17. The summed E-state index contributed by atoms with van der Waals surface area (Å²) in [4.78, 5) is 10.6. The molecule has 0 aliphatic rings. The Morgan fingerprint density at radius 1 is 1.40 bits per heavy atom. The number of hydrogen-bond acceptors (Lipinski definition) is 2. The Morgan fingerprint density at radius 3 is 2.73 bits per heavy atom. The number of aromatic nitrogens is 2. The number of carboxylic acids is 1. The first kappa shape index (κ1) is 9.39. The van der Waals surface area contributed by atoms with E-state index in [1.54, 1.807) is 12.1 Å². The van der Waals surface area contributed by atoms with Crippen LogP contribution in [0.25, 0.3) is 11.3 Å². The van der Waals surface area contributed by atoms with Crippen LogP contribution in [-0.2, 0) is 0 Å². The molecule has 0 atom stereocenters. The molecule has 4 nitrogen and oxygen atoms in total. The Morgan fingerprint density at radius 2 is 2.13 bits per heavy atom. The van der Waals surface area contributed by atoms with Crippen molar-refractivity contribution < 1.29 is 14.3 Å². The van der Waals surface area contributed by atoms with E-state index in [0.717, 1.165) is 0 Å². The van der Waals surface area contributed by atoms with Crippen LogP contribution >= 0.6 is 0 Å². The fourth-order valence-corrected chi connectivity index (χ4v) is 1.24. The number of halogens is 1. The van der Waals surface area contributed by atoms with Gasteiger partial charge >= 0.3 is 5.97 Å². The lowest BCUT2D eigenvalue weighted by Gasteiger charge is -1.96. The number of H-pyrrole nitrogens is 1. The SMILES string of the molecule is O=C(O)c1cc(-c2ccccc2F)n[nH]1. The zero-order chi connectivity index (χ0) is 10.8. The predicted octanol–water partition coefficient (Wildman–Crippen LogP) is 1.91. The topological polar surface area (TPSA) is 66.0 Å². The van der Waals surface area contributed by atoms with E-state index in [9.17, 15) is 9.18 Å². The Balaban J connectivity index is 2.46. The number of benzene rings is 1. The van der Waals surface area contributed by atoms with Crippen LogP contribution < -0.4 is 0 Å². The minimum Gasteiger partial charge on any atom is -0.477 e. The highest BCUT2D eigenvalue weighted by atomic mass is 19.1. The molecule has 76 valence electrons. The first-order valence-electron chi connectivity index (χ1n) is 4.22. The average molecular weight is 206 g/mol. The minimum absolute atomic E-state index is 0.0618. The molecular weight excluding hydrogens is 199 g/mol. The van der Waals surface area contributed by atoms with Gasteiger partial charge in [-0.1, -0.05) is 12.1 Å². The van der Waals surface area contributed by atoms with Gasteiger partial charge in [-0.2, -0.15) is 5.10 Å². The van der Waals surface area contributed by atoms with Gasteiger partial charge in [0, 0.05) is 5.56 Å². The van der Waals surface area contributed by atoms with Crippen molar-refractivity contribution in [3.63, 3.8) is 0 Å². The summed E-state index contributed by atoms with van der Waals surface area (Å²) in [5.74, 6) is -1.55. The van der Waals surface area contributed by atoms with Crippen LogP contribution in [0.5, 0.6) is 0 Å². The van der Waals surface area contributed by atoms with Gasteiger partial charge in [-0.15, -0.1) is 0 Å². The summed E-state index contributed by atoms with van der Waals surface area (Å²) in [6.07, 6.45) is 0. The number of carboxylic acid groups (broad SMARTS) is 1. The highest BCUT2D eigenvalue weighted by Crippen LogP contribution is 2.20. The van der Waals surface area contributed by atoms with Gasteiger partial charge in [0.2, 0.25) is 0 Å². The predicted molar refractivity (Wildman–Crippen MR) is 50.9 cm³/mol. The second-order valence-electron chi connectivity index (χ2n) is 2.95. The third kappa shape index (κ3) is 1.71. The number of nitrogens with one attached hydrogen (secondary N) is 1. The molecule has 15 heavy (non-hydrogen) atoms. The highest BCUT2D eigenvalue weighted by molar-refractivity contribution is 5.86. The van der Waals surface area contributed by atoms with Gasteiger partial charge < -0.3 is 5.11 Å². The summed E-state index contributed by atoms with van der Waals surface area (Å²) in [5, 5.41) is 14.7. The maximum atomic E-state index is 13.3. The molecule has 1 heterocycles. The van der Waals surface area contributed by atoms with Gasteiger partial charge in [0.1, 0.15) is 11.5 Å². The van der Waals surface area contributed by atoms with Crippen molar-refractivity contribution in [2.75, 3.05) is 0 Å². The summed E-state index contributed by atoms with van der Waals surface area (Å²) in [6.45, 7) is 0. The van der Waals surface area contributed by atoms with E-state index in [2.05, 4.69) is 10.2 Å². The normalized spacial score (nSPS) is 10.2. The summed E-state index contributed by atoms with van der Waals surface area (Å²) in [5.41, 5.74) is 0.500. The Bertz CT molecular complexity index is 508. The average Bonchev–Trinajstić information content (AvgIpc) is 2.67. The van der Waals surface area contributed by atoms with Crippen LogP contribution in [0.2, 0.25) is 0 Å². The van der Waals surface area contributed by atoms with Gasteiger partial charge in [0.25, 0.3) is 0 Å². The number of aromatic amines is 1. The third-order valence-electron chi connectivity index (χ3n) is 1.96. The monoisotopic (exact) mass is 206 g/mol. The van der Waals surface area contributed by atoms with Gasteiger partial charge in [0.15, 0.2) is 0 Å². The summed E-state index contributed by atoms with van der Waals surface area (Å²) >= 11 is 0. The van der Waals surface area contributed by atoms with Crippen LogP contribution in [0.3, 0.4) is 0 Å². The van der Waals surface area contributed by atoms with E-state index >= 15 is 0 Å². The van der Waals surface area contributed by atoms with Gasteiger partial charge in [-0.25, -0.2) is 9.18 Å². The molecule has 0 saturated carbocycles. The van der Waals surface area contributed by atoms with Crippen LogP contribution in [0, 0.1) is 5.82 Å². The molecule has 0 aliphatic heterocycles. The number of aromatic carboxylic acids is 1. The van der Waals surface area contributed by atoms with Crippen LogP contribution in [0.1, 0.15) is 10.5 Å². The lowest BCUT2D eigenvalue weighted by molar-refractivity contribution is 0.0690. The van der Waals surface area contributed by atoms with E-state index in [0.29, 0.717) is 0 Å². The summed E-state index contributed by atoms with van der Waals surface area (Å²) in [6, 6.07) is 7.35. The summed E-state index contributed by atoms with van der Waals surface area (Å²) < 4.78 is 13.3. The van der Waals surface area contributed by atoms with Crippen molar-refractivity contribution in [1.29, 1.82) is 0 Å². The van der Waals surface area contributed by atoms with Crippen molar-refractivity contribution >= 4 is 5.97 Å². The first-order chi connectivity index (χ1) is 7.18. The van der Waals surface area contributed by atoms with Gasteiger partial charge in [-0.3, -0.25) is 5.10 Å². The molecule has 2 N–H and O–H groups in total. The second kappa shape index (κ2) is 3.53. The van der Waals surface area contributed by atoms with E-state index in [-0.39, 0.29) is 17.0 Å². The quantitative estimate of drug-likeness (QED) is 0.788. The molecule has 2 aromatic rings. The van der Waals surface area contributed by atoms with Gasteiger partial charge in [0.05, 0.1) is 5.69 Å². The second-order valence-corrected chi connectivity index (χ2v) is 2.95. The molecule has 0 amide bonds. The molecule has 0 saturated heterocycles. The standard InChI is InChI=1S/C10H7FN2O2/c11-7-4-2-1-3-6(7)8-5-9(10(14)15)13-12-8/h1-5H,(H,12,13)(H,14,15). The van der Waals surface area contributed by atoms with E-state index in [1.807, 2.05) is 0 Å². The largest absolute Gasteiger partial charge is 0.477 e. The minimum atomic E-state index is -1.12. The van der Waals surface area contributed by atoms with E-state index < -0.39 is 11.8 Å². The molecule has 0 spiro atoms. The maximum Gasteiger partial charge on any atom is 0.353 e. The van der Waals surface area contributed by atoms with Crippen molar-refractivity contribution in [2.45, 2.75) is 0 Å². The molecule has 0 aliphatic carbocycles. The van der Waals surface area contributed by atoms with Gasteiger partial charge in [-0.05, 0) is 18.2 Å². The van der Waals surface area contributed by atoms with Crippen LogP contribution in [0.4, 0.5) is 4.39 Å². The highest BCUT2D eigenvalue weighted by Gasteiger charge is 2.11. The molecule has 5 heteroatoms. The molecule has 0 unspecified atom stereocenters. The van der Waals surface area contributed by atoms with Crippen molar-refractivity contribution in [2.24, 2.45) is 0 Å². The van der Waals surface area contributed by atoms with Crippen molar-refractivity contribution in [3.8, 4) is 11.3 Å². The fraction of sp³-hybridized carbons (Fsp3) is 0.